The van der Waals surface area contributed by atoms with Gasteiger partial charge in [-0.2, -0.15) is 4.67 Å². The van der Waals surface area contributed by atoms with Crippen molar-refractivity contribution < 1.29 is 33.7 Å². The predicted molar refractivity (Wildman–Crippen MR) is 30.5 cm³/mol. The van der Waals surface area contributed by atoms with Gasteiger partial charge in [0, 0.05) is 0 Å². The van der Waals surface area contributed by atoms with Crippen molar-refractivity contribution in [1.29, 1.82) is 0 Å². The first-order valence-electron chi connectivity index (χ1n) is 1.96. The summed E-state index contributed by atoms with van der Waals surface area (Å²) in [6, 6.07) is 0. The van der Waals surface area contributed by atoms with Gasteiger partial charge in [-0.15, -0.1) is 0 Å². The third kappa shape index (κ3) is 5.08. The minimum Gasteiger partial charge on any atom is -0.324 e. The van der Waals surface area contributed by atoms with Gasteiger partial charge in [0.25, 0.3) is 0 Å². The minimum atomic E-state index is -4.60. The van der Waals surface area contributed by atoms with Crippen LogP contribution in [0.15, 0.2) is 0 Å². The highest BCUT2D eigenvalue weighted by atomic mass is 31.2. The Kier molecular flexibility index (Phi) is 3.19. The lowest BCUT2D eigenvalue weighted by atomic mass is 11.9. The first-order valence-corrected chi connectivity index (χ1v) is 5.52. The predicted octanol–water partition coefficient (Wildman–Crippen LogP) is -0.203. The molecule has 0 saturated heterocycles. The molecule has 0 aliphatic carbocycles. The number of hydrogen-bond donors (Lipinski definition) is 4. The van der Waals surface area contributed by atoms with Gasteiger partial charge in [0.05, 0.1) is 0 Å². The maximum absolute atomic E-state index is 10.2. The van der Waals surface area contributed by atoms with E-state index in [1.807, 2.05) is 0 Å². The quantitative estimate of drug-likeness (QED) is 0.277. The lowest BCUT2D eigenvalue weighted by molar-refractivity contribution is -0.145. The highest BCUT2D eigenvalue weighted by molar-refractivity contribution is 7.69. The zero-order valence-corrected chi connectivity index (χ0v) is 6.40. The number of rotatable bonds is 3. The number of hydrogen-bond acceptors (Lipinski definition) is 4. The van der Waals surface area contributed by atoms with Gasteiger partial charge in [0.1, 0.15) is 0 Å². The summed E-state index contributed by atoms with van der Waals surface area (Å²) < 4.78 is 23.1. The molecule has 0 spiro atoms. The summed E-state index contributed by atoms with van der Waals surface area (Å²) in [5, 5.41) is 7.60. The van der Waals surface area contributed by atoms with Crippen molar-refractivity contribution in [1.82, 2.24) is 0 Å². The van der Waals surface area contributed by atoms with Crippen LogP contribution in [0.3, 0.4) is 0 Å². The molecule has 4 N–H and O–H groups in total. The lowest BCUT2D eigenvalue weighted by Gasteiger charge is -2.06. The van der Waals surface area contributed by atoms with Crippen LogP contribution >= 0.6 is 15.2 Å². The molecule has 0 rings (SSSR count). The van der Waals surface area contributed by atoms with E-state index < -0.39 is 21.1 Å². The molecule has 0 aromatic heterocycles. The first-order chi connectivity index (χ1) is 4.27. The van der Waals surface area contributed by atoms with E-state index in [1.54, 1.807) is 0 Å². The molecule has 1 unspecified atom stereocenters. The molecule has 1 atom stereocenters. The molecular weight excluding hydrogens is 186 g/mol. The van der Waals surface area contributed by atoms with Crippen molar-refractivity contribution in [2.45, 2.75) is 0 Å². The van der Waals surface area contributed by atoms with Gasteiger partial charge in [0.15, 0.2) is 5.90 Å². The molecule has 0 saturated carbocycles. The standard InChI is InChI=1S/CH6O7P2/c2-8-10(6,7)1-9(3,4)5/h2H,1H2,(H,6,7)(H2,3,4,5). The molecule has 0 bridgehead atoms. The summed E-state index contributed by atoms with van der Waals surface area (Å²) in [7, 11) is -9.10. The van der Waals surface area contributed by atoms with Crippen molar-refractivity contribution in [2.75, 3.05) is 5.90 Å². The van der Waals surface area contributed by atoms with Gasteiger partial charge in [-0.3, -0.25) is 9.13 Å². The highest BCUT2D eigenvalue weighted by Crippen LogP contribution is 2.54. The van der Waals surface area contributed by atoms with E-state index in [0.29, 0.717) is 0 Å². The van der Waals surface area contributed by atoms with E-state index in [0.717, 1.165) is 0 Å². The lowest BCUT2D eigenvalue weighted by Crippen LogP contribution is -1.92. The third-order valence-corrected chi connectivity index (χ3v) is 3.65. The maximum atomic E-state index is 10.2. The Hall–Kier alpha value is 0.260. The first kappa shape index (κ1) is 10.3. The molecule has 0 amide bonds. The molecule has 0 aromatic carbocycles. The molecule has 0 fully saturated rings. The van der Waals surface area contributed by atoms with E-state index in [-0.39, 0.29) is 0 Å². The fourth-order valence-electron chi connectivity index (χ4n) is 0.259. The summed E-state index contributed by atoms with van der Waals surface area (Å²) in [5.41, 5.74) is 0. The van der Waals surface area contributed by atoms with Crippen LogP contribution in [0.2, 0.25) is 0 Å². The average Bonchev–Trinajstić information content (AvgIpc) is 1.60. The van der Waals surface area contributed by atoms with Crippen molar-refractivity contribution in [3.8, 4) is 0 Å². The van der Waals surface area contributed by atoms with Crippen LogP contribution in [0.5, 0.6) is 0 Å². The van der Waals surface area contributed by atoms with Gasteiger partial charge >= 0.3 is 15.2 Å². The Morgan fingerprint density at radius 2 is 1.60 bits per heavy atom. The van der Waals surface area contributed by atoms with Crippen LogP contribution in [0.4, 0.5) is 0 Å². The topological polar surface area (TPSA) is 124 Å². The summed E-state index contributed by atoms with van der Waals surface area (Å²) in [5.74, 6) is -1.38. The molecule has 0 aliphatic heterocycles. The van der Waals surface area contributed by atoms with Crippen LogP contribution in [0.1, 0.15) is 0 Å². The molecule has 62 valence electrons. The zero-order valence-electron chi connectivity index (χ0n) is 4.62. The Morgan fingerprint density at radius 1 is 1.20 bits per heavy atom. The Balaban J connectivity index is 4.17. The largest absolute Gasteiger partial charge is 0.367 e. The van der Waals surface area contributed by atoms with Gasteiger partial charge < -0.3 is 14.7 Å². The Labute approximate surface area is 55.9 Å². The van der Waals surface area contributed by atoms with E-state index in [4.69, 9.17) is 19.9 Å². The van der Waals surface area contributed by atoms with Crippen molar-refractivity contribution in [2.24, 2.45) is 0 Å². The van der Waals surface area contributed by atoms with Gasteiger partial charge in [0.2, 0.25) is 0 Å². The van der Waals surface area contributed by atoms with Crippen LogP contribution in [0.25, 0.3) is 0 Å². The second kappa shape index (κ2) is 3.11. The summed E-state index contributed by atoms with van der Waals surface area (Å²) in [4.78, 5) is 24.4. The second-order valence-corrected chi connectivity index (χ2v) is 5.42. The molecule has 0 radical (unpaired) electrons. The zero-order chi connectivity index (χ0) is 8.41. The highest BCUT2D eigenvalue weighted by Gasteiger charge is 2.30. The molecular formula is CH6O7P2. The van der Waals surface area contributed by atoms with E-state index in [1.165, 1.54) is 0 Å². The van der Waals surface area contributed by atoms with Gasteiger partial charge in [-0.1, -0.05) is 0 Å². The molecule has 0 aliphatic rings. The summed E-state index contributed by atoms with van der Waals surface area (Å²) in [6.45, 7) is 0. The summed E-state index contributed by atoms with van der Waals surface area (Å²) in [6.07, 6.45) is 0. The normalized spacial score (nSPS) is 18.4. The van der Waals surface area contributed by atoms with E-state index >= 15 is 0 Å². The van der Waals surface area contributed by atoms with Crippen LogP contribution in [-0.4, -0.2) is 25.8 Å². The molecule has 10 heavy (non-hydrogen) atoms. The Bertz CT molecular complexity index is 190. The SMILES string of the molecule is O=P(O)(O)CP(=O)(O)OO. The van der Waals surface area contributed by atoms with Gasteiger partial charge in [-0.05, 0) is 0 Å². The van der Waals surface area contributed by atoms with Crippen molar-refractivity contribution >= 4 is 15.2 Å². The second-order valence-electron chi connectivity index (χ2n) is 1.53. The van der Waals surface area contributed by atoms with Crippen molar-refractivity contribution in [3.05, 3.63) is 0 Å². The van der Waals surface area contributed by atoms with E-state index in [9.17, 15) is 9.13 Å². The van der Waals surface area contributed by atoms with Crippen LogP contribution < -0.4 is 0 Å². The van der Waals surface area contributed by atoms with Crippen LogP contribution in [0, 0.1) is 0 Å². The van der Waals surface area contributed by atoms with Gasteiger partial charge in [-0.25, -0.2) is 5.26 Å². The maximum Gasteiger partial charge on any atom is 0.367 e. The molecule has 7 nitrogen and oxygen atoms in total. The summed E-state index contributed by atoms with van der Waals surface area (Å²) >= 11 is 0. The third-order valence-electron chi connectivity index (χ3n) is 0.491. The minimum absolute atomic E-state index is 1.38. The monoisotopic (exact) mass is 192 g/mol. The fourth-order valence-corrected chi connectivity index (χ4v) is 2.33. The van der Waals surface area contributed by atoms with E-state index in [2.05, 4.69) is 4.67 Å². The van der Waals surface area contributed by atoms with Crippen molar-refractivity contribution in [3.63, 3.8) is 0 Å². The average molecular weight is 192 g/mol. The smallest absolute Gasteiger partial charge is 0.324 e. The molecule has 9 heteroatoms. The molecule has 0 aromatic rings. The molecule has 0 heterocycles. The van der Waals surface area contributed by atoms with Crippen LogP contribution in [-0.2, 0) is 13.8 Å². The fraction of sp³-hybridized carbons (Fsp3) is 1.00. The Morgan fingerprint density at radius 3 is 1.70 bits per heavy atom.